The van der Waals surface area contributed by atoms with Crippen LogP contribution in [0.5, 0.6) is 0 Å². The molecule has 3 nitrogen and oxygen atoms in total. The molecular weight excluding hydrogens is 380 g/mol. The fourth-order valence-electron chi connectivity index (χ4n) is 1.99. The van der Waals surface area contributed by atoms with Gasteiger partial charge >= 0.3 is 0 Å². The summed E-state index contributed by atoms with van der Waals surface area (Å²) in [5.74, 6) is -0.0606. The number of nitrogens with zero attached hydrogens (tertiary/aromatic N) is 2. The summed E-state index contributed by atoms with van der Waals surface area (Å²) in [6.07, 6.45) is 0. The van der Waals surface area contributed by atoms with Crippen LogP contribution in [0.2, 0.25) is 5.02 Å². The zero-order valence-corrected chi connectivity index (χ0v) is 12.5. The summed E-state index contributed by atoms with van der Waals surface area (Å²) in [6, 6.07) is 10.00. The zero-order valence-electron chi connectivity index (χ0n) is 9.57. The summed E-state index contributed by atoms with van der Waals surface area (Å²) in [4.78, 5) is 4.15. The lowest BCUT2D eigenvalue weighted by Crippen LogP contribution is -2.01. The fourth-order valence-corrected chi connectivity index (χ4v) is 2.93. The highest BCUT2D eigenvalue weighted by Gasteiger charge is 2.13. The van der Waals surface area contributed by atoms with Gasteiger partial charge in [0, 0.05) is 9.64 Å². The Morgan fingerprint density at radius 1 is 1.21 bits per heavy atom. The number of imidazole rings is 1. The SMILES string of the molecule is Nc1nc2cc(F)ccc2n1-c1ccc(I)cc1Cl. The molecule has 0 bridgehead atoms. The van der Waals surface area contributed by atoms with Crippen molar-refractivity contribution in [2.24, 2.45) is 0 Å². The first-order valence-corrected chi connectivity index (χ1v) is 6.91. The molecule has 6 heteroatoms. The summed E-state index contributed by atoms with van der Waals surface area (Å²) >= 11 is 8.42. The lowest BCUT2D eigenvalue weighted by Gasteiger charge is -2.09. The van der Waals surface area contributed by atoms with Crippen molar-refractivity contribution in [3.8, 4) is 5.69 Å². The van der Waals surface area contributed by atoms with Crippen molar-refractivity contribution in [2.75, 3.05) is 5.73 Å². The van der Waals surface area contributed by atoms with E-state index < -0.39 is 0 Å². The molecule has 0 spiro atoms. The van der Waals surface area contributed by atoms with E-state index >= 15 is 0 Å². The molecule has 0 fully saturated rings. The minimum atomic E-state index is -0.342. The Bertz CT molecular complexity index is 785. The van der Waals surface area contributed by atoms with Crippen molar-refractivity contribution < 1.29 is 4.39 Å². The predicted molar refractivity (Wildman–Crippen MR) is 83.2 cm³/mol. The first kappa shape index (κ1) is 12.7. The number of hydrogen-bond donors (Lipinski definition) is 1. The number of rotatable bonds is 1. The normalized spacial score (nSPS) is 11.1. The van der Waals surface area contributed by atoms with Crippen molar-refractivity contribution in [3.63, 3.8) is 0 Å². The van der Waals surface area contributed by atoms with Gasteiger partial charge in [0.15, 0.2) is 0 Å². The van der Waals surface area contributed by atoms with Gasteiger partial charge in [-0.15, -0.1) is 0 Å². The van der Waals surface area contributed by atoms with Crippen LogP contribution in [0.1, 0.15) is 0 Å². The van der Waals surface area contributed by atoms with E-state index in [0.717, 1.165) is 14.8 Å². The van der Waals surface area contributed by atoms with Crippen LogP contribution >= 0.6 is 34.2 Å². The quantitative estimate of drug-likeness (QED) is 0.641. The maximum atomic E-state index is 13.2. The lowest BCUT2D eigenvalue weighted by molar-refractivity contribution is 0.629. The monoisotopic (exact) mass is 387 g/mol. The Kier molecular flexibility index (Phi) is 3.10. The van der Waals surface area contributed by atoms with Gasteiger partial charge in [-0.1, -0.05) is 11.6 Å². The Morgan fingerprint density at radius 2 is 2.00 bits per heavy atom. The minimum absolute atomic E-state index is 0.281. The number of benzene rings is 2. The maximum absolute atomic E-state index is 13.2. The van der Waals surface area contributed by atoms with Gasteiger partial charge in [0.2, 0.25) is 5.95 Å². The van der Waals surface area contributed by atoms with Crippen LogP contribution in [0.4, 0.5) is 10.3 Å². The van der Waals surface area contributed by atoms with Crippen molar-refractivity contribution in [3.05, 3.63) is 50.8 Å². The largest absolute Gasteiger partial charge is 0.369 e. The third kappa shape index (κ3) is 2.17. The summed E-state index contributed by atoms with van der Waals surface area (Å²) in [7, 11) is 0. The van der Waals surface area contributed by atoms with Crippen molar-refractivity contribution in [1.82, 2.24) is 9.55 Å². The Labute approximate surface area is 127 Å². The zero-order chi connectivity index (χ0) is 13.6. The van der Waals surface area contributed by atoms with E-state index in [2.05, 4.69) is 27.6 Å². The number of nitrogens with two attached hydrogens (primary N) is 1. The van der Waals surface area contributed by atoms with Gasteiger partial charge in [0.25, 0.3) is 0 Å². The standard InChI is InChI=1S/C13H8ClFIN3/c14-9-6-8(16)2-4-11(9)19-12-3-1-7(15)5-10(12)18-13(19)17/h1-6H,(H2,17,18). The number of nitrogen functional groups attached to an aromatic ring is 1. The molecule has 0 atom stereocenters. The maximum Gasteiger partial charge on any atom is 0.205 e. The second kappa shape index (κ2) is 4.64. The van der Waals surface area contributed by atoms with E-state index in [0.29, 0.717) is 10.5 Å². The molecule has 96 valence electrons. The molecule has 0 aliphatic heterocycles. The predicted octanol–water partition coefficient (Wildman–Crippen LogP) is 4.00. The molecule has 0 aliphatic carbocycles. The molecule has 2 N–H and O–H groups in total. The smallest absolute Gasteiger partial charge is 0.205 e. The number of fused-ring (bicyclic) bond motifs is 1. The van der Waals surface area contributed by atoms with Crippen LogP contribution in [-0.4, -0.2) is 9.55 Å². The molecule has 0 saturated carbocycles. The average Bonchev–Trinajstić information content (AvgIpc) is 2.65. The number of anilines is 1. The van der Waals surface area contributed by atoms with Gasteiger partial charge in [-0.3, -0.25) is 4.57 Å². The number of halogens is 3. The van der Waals surface area contributed by atoms with E-state index in [4.69, 9.17) is 17.3 Å². The molecule has 0 radical (unpaired) electrons. The molecule has 1 heterocycles. The number of aromatic nitrogens is 2. The van der Waals surface area contributed by atoms with Crippen LogP contribution in [0, 0.1) is 9.39 Å². The molecular formula is C13H8ClFIN3. The second-order valence-corrected chi connectivity index (χ2v) is 5.69. The first-order valence-electron chi connectivity index (χ1n) is 5.45. The summed E-state index contributed by atoms with van der Waals surface area (Å²) in [5.41, 5.74) is 7.87. The molecule has 19 heavy (non-hydrogen) atoms. The Balaban J connectivity index is 2.33. The molecule has 2 aromatic carbocycles. The Morgan fingerprint density at radius 3 is 2.74 bits per heavy atom. The highest BCUT2D eigenvalue weighted by Crippen LogP contribution is 2.29. The van der Waals surface area contributed by atoms with Crippen LogP contribution in [0.3, 0.4) is 0 Å². The molecule has 0 saturated heterocycles. The van der Waals surface area contributed by atoms with Crippen LogP contribution in [0.15, 0.2) is 36.4 Å². The molecule has 0 amide bonds. The highest BCUT2D eigenvalue weighted by atomic mass is 127. The van der Waals surface area contributed by atoms with Crippen LogP contribution in [0.25, 0.3) is 16.7 Å². The minimum Gasteiger partial charge on any atom is -0.369 e. The number of hydrogen-bond acceptors (Lipinski definition) is 2. The summed E-state index contributed by atoms with van der Waals surface area (Å²) in [6.45, 7) is 0. The van der Waals surface area contributed by atoms with Gasteiger partial charge in [-0.25, -0.2) is 9.37 Å². The van der Waals surface area contributed by atoms with Crippen LogP contribution in [-0.2, 0) is 0 Å². The molecule has 0 aliphatic rings. The topological polar surface area (TPSA) is 43.8 Å². The van der Waals surface area contributed by atoms with E-state index in [1.807, 2.05) is 18.2 Å². The lowest BCUT2D eigenvalue weighted by atomic mass is 10.2. The van der Waals surface area contributed by atoms with Gasteiger partial charge in [0.05, 0.1) is 21.7 Å². The molecule has 3 aromatic rings. The second-order valence-electron chi connectivity index (χ2n) is 4.03. The first-order chi connectivity index (χ1) is 9.06. The summed E-state index contributed by atoms with van der Waals surface area (Å²) in [5, 5.41) is 0.572. The van der Waals surface area contributed by atoms with Crippen molar-refractivity contribution in [2.45, 2.75) is 0 Å². The van der Waals surface area contributed by atoms with E-state index in [1.165, 1.54) is 12.1 Å². The molecule has 1 aromatic heterocycles. The van der Waals surface area contributed by atoms with Crippen molar-refractivity contribution in [1.29, 1.82) is 0 Å². The molecule has 3 rings (SSSR count). The third-order valence-electron chi connectivity index (χ3n) is 2.79. The van der Waals surface area contributed by atoms with Gasteiger partial charge in [-0.05, 0) is 52.9 Å². The van der Waals surface area contributed by atoms with Gasteiger partial charge in [0.1, 0.15) is 5.82 Å². The highest BCUT2D eigenvalue weighted by molar-refractivity contribution is 14.1. The van der Waals surface area contributed by atoms with E-state index in [1.54, 1.807) is 10.6 Å². The van der Waals surface area contributed by atoms with Gasteiger partial charge < -0.3 is 5.73 Å². The third-order valence-corrected chi connectivity index (χ3v) is 3.77. The summed E-state index contributed by atoms with van der Waals surface area (Å²) < 4.78 is 15.9. The fraction of sp³-hybridized carbons (Fsp3) is 0. The van der Waals surface area contributed by atoms with Crippen molar-refractivity contribution >= 4 is 51.2 Å². The van der Waals surface area contributed by atoms with E-state index in [-0.39, 0.29) is 11.8 Å². The van der Waals surface area contributed by atoms with E-state index in [9.17, 15) is 4.39 Å². The van der Waals surface area contributed by atoms with Gasteiger partial charge in [-0.2, -0.15) is 0 Å². The average molecular weight is 388 g/mol. The molecule has 0 unspecified atom stereocenters. The van der Waals surface area contributed by atoms with Crippen LogP contribution < -0.4 is 5.73 Å². The Hall–Kier alpha value is -1.34.